The van der Waals surface area contributed by atoms with E-state index in [2.05, 4.69) is 25.4 Å². The number of hydrogen-bond donors (Lipinski definition) is 4. The summed E-state index contributed by atoms with van der Waals surface area (Å²) < 4.78 is 11.8. The molecule has 1 aliphatic heterocycles. The van der Waals surface area contributed by atoms with Crippen molar-refractivity contribution in [1.82, 2.24) is 34.9 Å². The highest BCUT2D eigenvalue weighted by atomic mass is 16.6. The lowest BCUT2D eigenvalue weighted by atomic mass is 9.98. The minimum absolute atomic E-state index is 0.0230. The Morgan fingerprint density at radius 3 is 2.31 bits per heavy atom. The van der Waals surface area contributed by atoms with E-state index in [0.29, 0.717) is 49.5 Å². The van der Waals surface area contributed by atoms with Crippen LogP contribution in [-0.2, 0) is 22.5 Å². The van der Waals surface area contributed by atoms with Gasteiger partial charge in [-0.15, -0.1) is 0 Å². The van der Waals surface area contributed by atoms with Gasteiger partial charge in [0.25, 0.3) is 5.91 Å². The number of rotatable bonds is 11. The van der Waals surface area contributed by atoms with E-state index in [1.165, 1.54) is 36.2 Å². The predicted octanol–water partition coefficient (Wildman–Crippen LogP) is 3.99. The van der Waals surface area contributed by atoms with Crippen molar-refractivity contribution in [2.45, 2.75) is 38.8 Å². The Labute approximate surface area is 310 Å². The number of methoxy groups -OCH3 is 1. The Kier molecular flexibility index (Phi) is 11.4. The average Bonchev–Trinajstić information content (AvgIpc) is 3.55. The molecule has 0 saturated carbocycles. The van der Waals surface area contributed by atoms with E-state index < -0.39 is 29.7 Å². The molecule has 2 amide bonds. The van der Waals surface area contributed by atoms with Crippen molar-refractivity contribution in [2.75, 3.05) is 33.3 Å². The molecule has 1 atom stereocenters. The quantitative estimate of drug-likeness (QED) is 0.144. The number of piperazine rings is 1. The maximum Gasteiger partial charge on any atom is 0.415 e. The molecule has 5 aromatic rings. The molecule has 6 rings (SSSR count). The van der Waals surface area contributed by atoms with Crippen LogP contribution in [-0.4, -0.2) is 97.1 Å². The number of aromatic nitrogens is 4. The number of nitrogens with one attached hydrogen (secondary N) is 2. The summed E-state index contributed by atoms with van der Waals surface area (Å²) in [7, 11) is 1.25. The third kappa shape index (κ3) is 8.58. The van der Waals surface area contributed by atoms with Gasteiger partial charge in [-0.25, -0.2) is 24.0 Å². The zero-order valence-electron chi connectivity index (χ0n) is 30.1. The SMILES string of the molecule is COC(=O)C(Cc1ccccc1)NC(=O)c1cncc(OC(=O)N2CCN(Cc3ccc(-n4c(-c5cc(C(C)C)c(O)cc5O)n[nH]c4=O)cc3)CC2)c1. The summed E-state index contributed by atoms with van der Waals surface area (Å²) in [6.45, 7) is 6.41. The fraction of sp³-hybridized carbons (Fsp3) is 0.282. The Hall–Kier alpha value is -6.48. The Bertz CT molecular complexity index is 2180. The van der Waals surface area contributed by atoms with Crippen molar-refractivity contribution in [1.29, 1.82) is 0 Å². The number of carbonyl (C=O) groups is 3. The van der Waals surface area contributed by atoms with E-state index in [4.69, 9.17) is 9.47 Å². The van der Waals surface area contributed by atoms with Crippen molar-refractivity contribution in [3.8, 4) is 34.3 Å². The zero-order chi connectivity index (χ0) is 38.4. The highest BCUT2D eigenvalue weighted by Crippen LogP contribution is 2.37. The fourth-order valence-electron chi connectivity index (χ4n) is 6.24. The van der Waals surface area contributed by atoms with Gasteiger partial charge in [-0.05, 0) is 46.9 Å². The van der Waals surface area contributed by atoms with Crippen molar-refractivity contribution < 1.29 is 34.1 Å². The standard InChI is InChI=1S/C39H41N7O8/c1-24(2)30-19-31(34(48)20-33(30)47)35-42-43-38(51)46(35)28-11-9-26(10-12-28)23-44-13-15-45(16-14-44)39(52)54-29-18-27(21-40-22-29)36(49)41-32(37(50)53-3)17-25-7-5-4-6-8-25/h4-12,18-22,24,32,47-48H,13-17,23H2,1-3H3,(H,41,49)(H,43,51). The van der Waals surface area contributed by atoms with Crippen LogP contribution in [0.15, 0.2) is 90.0 Å². The van der Waals surface area contributed by atoms with Crippen LogP contribution in [0.2, 0.25) is 0 Å². The highest BCUT2D eigenvalue weighted by molar-refractivity contribution is 5.97. The number of aromatic hydroxyl groups is 2. The molecule has 4 N–H and O–H groups in total. The van der Waals surface area contributed by atoms with Crippen LogP contribution in [0.3, 0.4) is 0 Å². The first-order valence-corrected chi connectivity index (χ1v) is 17.4. The van der Waals surface area contributed by atoms with Crippen molar-refractivity contribution in [3.63, 3.8) is 0 Å². The Balaban J connectivity index is 1.03. The number of pyridine rings is 1. The van der Waals surface area contributed by atoms with Gasteiger partial charge in [-0.2, -0.15) is 5.10 Å². The lowest BCUT2D eigenvalue weighted by molar-refractivity contribution is -0.142. The molecule has 0 spiro atoms. The van der Waals surface area contributed by atoms with E-state index >= 15 is 0 Å². The first-order chi connectivity index (χ1) is 26.0. The number of amides is 2. The largest absolute Gasteiger partial charge is 0.508 e. The van der Waals surface area contributed by atoms with Gasteiger partial charge >= 0.3 is 17.8 Å². The van der Waals surface area contributed by atoms with Crippen LogP contribution in [0.1, 0.15) is 46.8 Å². The van der Waals surface area contributed by atoms with Crippen LogP contribution in [0.5, 0.6) is 17.2 Å². The maximum absolute atomic E-state index is 13.1. The summed E-state index contributed by atoms with van der Waals surface area (Å²) >= 11 is 0. The number of ether oxygens (including phenoxy) is 2. The van der Waals surface area contributed by atoms with Gasteiger partial charge in [-0.3, -0.25) is 14.7 Å². The molecule has 1 unspecified atom stereocenters. The number of hydrogen-bond acceptors (Lipinski definition) is 11. The number of phenolic OH excluding ortho intramolecular Hbond substituents is 2. The van der Waals surface area contributed by atoms with E-state index in [1.54, 1.807) is 23.1 Å². The molecule has 0 radical (unpaired) electrons. The van der Waals surface area contributed by atoms with Crippen LogP contribution >= 0.6 is 0 Å². The number of carbonyl (C=O) groups excluding carboxylic acids is 3. The third-order valence-corrected chi connectivity index (χ3v) is 9.17. The number of benzene rings is 3. The molecule has 1 aliphatic rings. The summed E-state index contributed by atoms with van der Waals surface area (Å²) in [6.07, 6.45) is 2.33. The van der Waals surface area contributed by atoms with Crippen molar-refractivity contribution in [3.05, 3.63) is 118 Å². The second-order valence-electron chi connectivity index (χ2n) is 13.2. The minimum Gasteiger partial charge on any atom is -0.508 e. The summed E-state index contributed by atoms with van der Waals surface area (Å²) in [5.74, 6) is -1.11. The number of esters is 1. The van der Waals surface area contributed by atoms with Crippen LogP contribution in [0.4, 0.5) is 4.79 Å². The smallest absolute Gasteiger partial charge is 0.415 e. The molecule has 280 valence electrons. The van der Waals surface area contributed by atoms with Crippen molar-refractivity contribution >= 4 is 18.0 Å². The normalized spacial score (nSPS) is 13.7. The lowest BCUT2D eigenvalue weighted by Crippen LogP contribution is -2.49. The van der Waals surface area contributed by atoms with Gasteiger partial charge in [-0.1, -0.05) is 56.3 Å². The van der Waals surface area contributed by atoms with Crippen molar-refractivity contribution in [2.24, 2.45) is 0 Å². The van der Waals surface area contributed by atoms with Gasteiger partial charge < -0.3 is 29.9 Å². The Morgan fingerprint density at radius 2 is 1.63 bits per heavy atom. The second kappa shape index (κ2) is 16.5. The maximum atomic E-state index is 13.1. The monoisotopic (exact) mass is 735 g/mol. The molecule has 15 nitrogen and oxygen atoms in total. The first-order valence-electron chi connectivity index (χ1n) is 17.4. The molecule has 2 aromatic heterocycles. The number of nitrogens with zero attached hydrogens (tertiary/aromatic N) is 5. The van der Waals surface area contributed by atoms with Gasteiger partial charge in [0, 0.05) is 51.4 Å². The molecular weight excluding hydrogens is 694 g/mol. The Morgan fingerprint density at radius 1 is 0.907 bits per heavy atom. The lowest BCUT2D eigenvalue weighted by Gasteiger charge is -2.34. The molecule has 54 heavy (non-hydrogen) atoms. The summed E-state index contributed by atoms with van der Waals surface area (Å²) in [5, 5.41) is 30.2. The zero-order valence-corrected chi connectivity index (χ0v) is 30.1. The molecule has 15 heteroatoms. The highest BCUT2D eigenvalue weighted by Gasteiger charge is 2.26. The molecule has 3 aromatic carbocycles. The summed E-state index contributed by atoms with van der Waals surface area (Å²) in [4.78, 5) is 59.2. The fourth-order valence-corrected chi connectivity index (χ4v) is 6.24. The molecule has 0 aliphatic carbocycles. The molecular formula is C39H41N7O8. The first kappa shape index (κ1) is 37.3. The second-order valence-corrected chi connectivity index (χ2v) is 13.2. The van der Waals surface area contributed by atoms with E-state index in [1.807, 2.05) is 56.3 Å². The molecule has 0 bridgehead atoms. The number of H-pyrrole nitrogens is 1. The molecule has 1 saturated heterocycles. The number of phenols is 2. The van der Waals surface area contributed by atoms with Gasteiger partial charge in [0.2, 0.25) is 0 Å². The van der Waals surface area contributed by atoms with Crippen LogP contribution < -0.4 is 15.7 Å². The predicted molar refractivity (Wildman–Crippen MR) is 198 cm³/mol. The average molecular weight is 736 g/mol. The van der Waals surface area contributed by atoms with E-state index in [-0.39, 0.29) is 41.0 Å². The van der Waals surface area contributed by atoms with E-state index in [0.717, 1.165) is 11.1 Å². The number of aromatic amines is 1. The summed E-state index contributed by atoms with van der Waals surface area (Å²) in [6, 6.07) is 20.0. The minimum atomic E-state index is -0.926. The van der Waals surface area contributed by atoms with Crippen LogP contribution in [0, 0.1) is 0 Å². The van der Waals surface area contributed by atoms with Gasteiger partial charge in [0.15, 0.2) is 11.6 Å². The van der Waals surface area contributed by atoms with Crippen LogP contribution in [0.25, 0.3) is 17.1 Å². The summed E-state index contributed by atoms with van der Waals surface area (Å²) in [5.41, 5.74) is 2.95. The van der Waals surface area contributed by atoms with Gasteiger partial charge in [0.05, 0.1) is 30.1 Å². The topological polar surface area (TPSA) is 192 Å². The third-order valence-electron chi connectivity index (χ3n) is 9.17. The van der Waals surface area contributed by atoms with E-state index in [9.17, 15) is 29.4 Å². The van der Waals surface area contributed by atoms with Gasteiger partial charge in [0.1, 0.15) is 17.5 Å². The molecule has 3 heterocycles. The molecule has 1 fully saturated rings.